The van der Waals surface area contributed by atoms with E-state index < -0.39 is 0 Å². The van der Waals surface area contributed by atoms with Crippen LogP contribution in [-0.4, -0.2) is 45.9 Å². The molecule has 0 saturated carbocycles. The highest BCUT2D eigenvalue weighted by molar-refractivity contribution is 5.79. The second-order valence-electron chi connectivity index (χ2n) is 8.18. The van der Waals surface area contributed by atoms with Crippen molar-refractivity contribution in [2.24, 2.45) is 5.92 Å². The van der Waals surface area contributed by atoms with Crippen molar-refractivity contribution in [3.05, 3.63) is 72.3 Å². The summed E-state index contributed by atoms with van der Waals surface area (Å²) >= 11 is 0. The molecule has 1 N–H and O–H groups in total. The number of amides is 1. The van der Waals surface area contributed by atoms with Crippen LogP contribution in [0.15, 0.2) is 66.7 Å². The van der Waals surface area contributed by atoms with Crippen LogP contribution in [0.3, 0.4) is 0 Å². The Labute approximate surface area is 192 Å². The van der Waals surface area contributed by atoms with Crippen LogP contribution < -0.4 is 15.0 Å². The van der Waals surface area contributed by atoms with Gasteiger partial charge < -0.3 is 15.0 Å². The van der Waals surface area contributed by atoms with Gasteiger partial charge in [-0.3, -0.25) is 4.79 Å². The molecule has 1 fully saturated rings. The molecule has 168 valence electrons. The van der Waals surface area contributed by atoms with Gasteiger partial charge in [-0.25, -0.2) is 0 Å². The zero-order valence-corrected chi connectivity index (χ0v) is 18.5. The summed E-state index contributed by atoms with van der Waals surface area (Å²) in [6.45, 7) is 2.13. The number of carbonyl (C=O) groups excluding carboxylic acids is 1. The summed E-state index contributed by atoms with van der Waals surface area (Å²) in [7, 11) is 1.64. The molecule has 33 heavy (non-hydrogen) atoms. The molecule has 4 aromatic rings. The minimum atomic E-state index is 0.0264. The van der Waals surface area contributed by atoms with Crippen LogP contribution in [0.1, 0.15) is 18.4 Å². The fraction of sp³-hybridized carbons (Fsp3) is 0.280. The van der Waals surface area contributed by atoms with Gasteiger partial charge in [0.25, 0.3) is 0 Å². The molecular formula is C25H26N6O2. The summed E-state index contributed by atoms with van der Waals surface area (Å²) in [6, 6.07) is 21.6. The summed E-state index contributed by atoms with van der Waals surface area (Å²) in [5.41, 5.74) is 2.73. The first-order valence-corrected chi connectivity index (χ1v) is 11.1. The van der Waals surface area contributed by atoms with Crippen molar-refractivity contribution in [1.82, 2.24) is 25.1 Å². The Morgan fingerprint density at radius 3 is 2.48 bits per heavy atom. The average molecular weight is 443 g/mol. The molecule has 0 bridgehead atoms. The first kappa shape index (κ1) is 20.9. The minimum absolute atomic E-state index is 0.0264. The third-order valence-electron chi connectivity index (χ3n) is 6.10. The maximum atomic E-state index is 12.6. The first-order chi connectivity index (χ1) is 16.2. The minimum Gasteiger partial charge on any atom is -0.497 e. The first-order valence-electron chi connectivity index (χ1n) is 11.1. The average Bonchev–Trinajstić information content (AvgIpc) is 3.31. The van der Waals surface area contributed by atoms with Crippen molar-refractivity contribution in [2.75, 3.05) is 25.1 Å². The lowest BCUT2D eigenvalue weighted by atomic mass is 9.96. The lowest BCUT2D eigenvalue weighted by Gasteiger charge is -2.32. The monoisotopic (exact) mass is 442 g/mol. The van der Waals surface area contributed by atoms with Gasteiger partial charge in [0.15, 0.2) is 11.5 Å². The number of hydrogen-bond donors (Lipinski definition) is 1. The van der Waals surface area contributed by atoms with Gasteiger partial charge in [-0.05, 0) is 54.8 Å². The van der Waals surface area contributed by atoms with E-state index in [-0.39, 0.29) is 11.8 Å². The second kappa shape index (κ2) is 9.28. The van der Waals surface area contributed by atoms with Crippen molar-refractivity contribution in [3.63, 3.8) is 0 Å². The number of piperidine rings is 1. The molecule has 0 spiro atoms. The van der Waals surface area contributed by atoms with E-state index in [1.165, 1.54) is 0 Å². The maximum Gasteiger partial charge on any atom is 0.223 e. The highest BCUT2D eigenvalue weighted by atomic mass is 16.5. The Kier molecular flexibility index (Phi) is 5.89. The number of nitrogens with zero attached hydrogens (tertiary/aromatic N) is 5. The number of benzene rings is 2. The molecular weight excluding hydrogens is 416 g/mol. The third kappa shape index (κ3) is 4.50. The van der Waals surface area contributed by atoms with Gasteiger partial charge in [-0.1, -0.05) is 30.3 Å². The van der Waals surface area contributed by atoms with Crippen molar-refractivity contribution < 1.29 is 9.53 Å². The number of methoxy groups -OCH3 is 1. The molecule has 1 saturated heterocycles. The summed E-state index contributed by atoms with van der Waals surface area (Å²) in [5, 5.41) is 16.5. The largest absolute Gasteiger partial charge is 0.497 e. The van der Waals surface area contributed by atoms with Gasteiger partial charge in [0, 0.05) is 31.1 Å². The van der Waals surface area contributed by atoms with E-state index in [1.807, 2.05) is 66.7 Å². The Morgan fingerprint density at radius 1 is 1.00 bits per heavy atom. The fourth-order valence-electron chi connectivity index (χ4n) is 4.17. The van der Waals surface area contributed by atoms with Crippen LogP contribution in [0.4, 0.5) is 5.82 Å². The number of fused-ring (bicyclic) bond motifs is 1. The Balaban J connectivity index is 1.25. The molecule has 8 heteroatoms. The fourth-order valence-corrected chi connectivity index (χ4v) is 4.17. The maximum absolute atomic E-state index is 12.6. The lowest BCUT2D eigenvalue weighted by molar-refractivity contribution is -0.125. The van der Waals surface area contributed by atoms with Gasteiger partial charge in [-0.15, -0.1) is 15.3 Å². The molecule has 0 atom stereocenters. The van der Waals surface area contributed by atoms with Gasteiger partial charge >= 0.3 is 0 Å². The second-order valence-corrected chi connectivity index (χ2v) is 8.18. The van der Waals surface area contributed by atoms with E-state index in [2.05, 4.69) is 20.4 Å². The molecule has 0 radical (unpaired) electrons. The smallest absolute Gasteiger partial charge is 0.223 e. The van der Waals surface area contributed by atoms with E-state index in [0.29, 0.717) is 18.0 Å². The molecule has 0 aliphatic carbocycles. The van der Waals surface area contributed by atoms with Crippen molar-refractivity contribution in [3.8, 4) is 17.1 Å². The van der Waals surface area contributed by atoms with Crippen molar-refractivity contribution in [1.29, 1.82) is 0 Å². The molecule has 2 aromatic heterocycles. The van der Waals surface area contributed by atoms with Gasteiger partial charge in [0.05, 0.1) is 7.11 Å². The van der Waals surface area contributed by atoms with Crippen LogP contribution in [0.25, 0.3) is 17.0 Å². The highest BCUT2D eigenvalue weighted by Gasteiger charge is 2.26. The van der Waals surface area contributed by atoms with Gasteiger partial charge in [-0.2, -0.15) is 4.52 Å². The standard InChI is InChI=1S/C25H26N6O2/c1-33-21-9-7-19(8-10-21)24-28-27-22-11-12-23(29-31(22)24)30-15-13-20(14-16-30)25(32)26-17-18-5-3-2-4-6-18/h2-12,20H,13-17H2,1H3,(H,26,32). The van der Waals surface area contributed by atoms with Crippen LogP contribution in [0, 0.1) is 5.92 Å². The Hall–Kier alpha value is -3.94. The summed E-state index contributed by atoms with van der Waals surface area (Å²) in [6.07, 6.45) is 1.60. The van der Waals surface area contributed by atoms with Crippen molar-refractivity contribution >= 4 is 17.4 Å². The Morgan fingerprint density at radius 2 is 1.76 bits per heavy atom. The quantitative estimate of drug-likeness (QED) is 0.493. The lowest BCUT2D eigenvalue weighted by Crippen LogP contribution is -2.40. The van der Waals surface area contributed by atoms with Gasteiger partial charge in [0.1, 0.15) is 11.6 Å². The Bertz CT molecular complexity index is 1230. The van der Waals surface area contributed by atoms with Crippen LogP contribution in [0.5, 0.6) is 5.75 Å². The van der Waals surface area contributed by atoms with Crippen LogP contribution >= 0.6 is 0 Å². The molecule has 5 rings (SSSR count). The SMILES string of the molecule is COc1ccc(-c2nnc3ccc(N4CCC(C(=O)NCc5ccccc5)CC4)nn23)cc1. The summed E-state index contributed by atoms with van der Waals surface area (Å²) in [5.74, 6) is 2.49. The molecule has 2 aromatic carbocycles. The van der Waals surface area contributed by atoms with Gasteiger partial charge in [0.2, 0.25) is 5.91 Å². The van der Waals surface area contributed by atoms with Crippen LogP contribution in [-0.2, 0) is 11.3 Å². The molecule has 1 aliphatic heterocycles. The molecule has 8 nitrogen and oxygen atoms in total. The molecule has 3 heterocycles. The van der Waals surface area contributed by atoms with E-state index >= 15 is 0 Å². The predicted octanol–water partition coefficient (Wildman–Crippen LogP) is 3.33. The van der Waals surface area contributed by atoms with E-state index in [0.717, 1.165) is 48.6 Å². The zero-order chi connectivity index (χ0) is 22.6. The number of rotatable bonds is 6. The summed E-state index contributed by atoms with van der Waals surface area (Å²) in [4.78, 5) is 14.8. The predicted molar refractivity (Wildman–Crippen MR) is 126 cm³/mol. The van der Waals surface area contributed by atoms with Crippen LogP contribution in [0.2, 0.25) is 0 Å². The normalized spacial score (nSPS) is 14.4. The topological polar surface area (TPSA) is 84.7 Å². The highest BCUT2D eigenvalue weighted by Crippen LogP contribution is 2.25. The number of hydrogen-bond acceptors (Lipinski definition) is 6. The number of ether oxygens (including phenoxy) is 1. The zero-order valence-electron chi connectivity index (χ0n) is 18.5. The molecule has 1 aliphatic rings. The molecule has 0 unspecified atom stereocenters. The van der Waals surface area contributed by atoms with E-state index in [9.17, 15) is 4.79 Å². The third-order valence-corrected chi connectivity index (χ3v) is 6.10. The summed E-state index contributed by atoms with van der Waals surface area (Å²) < 4.78 is 7.02. The number of carbonyl (C=O) groups is 1. The number of aromatic nitrogens is 4. The van der Waals surface area contributed by atoms with Crippen molar-refractivity contribution in [2.45, 2.75) is 19.4 Å². The number of nitrogens with one attached hydrogen (secondary N) is 1. The molecule has 1 amide bonds. The van der Waals surface area contributed by atoms with E-state index in [4.69, 9.17) is 9.84 Å². The van der Waals surface area contributed by atoms with E-state index in [1.54, 1.807) is 11.6 Å². The number of anilines is 1.